The third kappa shape index (κ3) is 3.28. The maximum Gasteiger partial charge on any atom is 0.134 e. The molecule has 0 aliphatic heterocycles. The molecule has 0 radical (unpaired) electrons. The van der Waals surface area contributed by atoms with Crippen LogP contribution in [-0.4, -0.2) is 10.9 Å². The Hall–Kier alpha value is -1.78. The number of rotatable bonds is 4. The van der Waals surface area contributed by atoms with Crippen molar-refractivity contribution in [3.8, 4) is 0 Å². The number of halogens is 1. The lowest BCUT2D eigenvalue weighted by Crippen LogP contribution is -1.98. The smallest absolute Gasteiger partial charge is 0.134 e. The average Bonchev–Trinajstić information content (AvgIpc) is 2.89. The number of hydrogen-bond donors (Lipinski definition) is 1. The van der Waals surface area contributed by atoms with E-state index >= 15 is 0 Å². The SMILES string of the molecule is Cc1ccc(SCC(O)c2cc3cc(F)ccc3o2)cc1. The lowest BCUT2D eigenvalue weighted by atomic mass is 10.2. The Morgan fingerprint density at radius 1 is 1.14 bits per heavy atom. The highest BCUT2D eigenvalue weighted by atomic mass is 32.2. The molecule has 0 aliphatic carbocycles. The molecule has 0 saturated carbocycles. The van der Waals surface area contributed by atoms with Gasteiger partial charge in [-0.25, -0.2) is 4.39 Å². The van der Waals surface area contributed by atoms with Gasteiger partial charge in [0.25, 0.3) is 0 Å². The van der Waals surface area contributed by atoms with Gasteiger partial charge in [0, 0.05) is 16.0 Å². The van der Waals surface area contributed by atoms with E-state index < -0.39 is 6.10 Å². The number of aliphatic hydroxyl groups is 1. The molecule has 1 aromatic heterocycles. The van der Waals surface area contributed by atoms with Gasteiger partial charge < -0.3 is 9.52 Å². The average molecular weight is 302 g/mol. The van der Waals surface area contributed by atoms with E-state index in [1.165, 1.54) is 17.7 Å². The van der Waals surface area contributed by atoms with Crippen molar-refractivity contribution in [1.29, 1.82) is 0 Å². The van der Waals surface area contributed by atoms with Crippen LogP contribution in [0.1, 0.15) is 17.4 Å². The predicted octanol–water partition coefficient (Wildman–Crippen LogP) is 4.71. The van der Waals surface area contributed by atoms with Crippen molar-refractivity contribution in [1.82, 2.24) is 0 Å². The molecule has 0 amide bonds. The zero-order chi connectivity index (χ0) is 14.8. The molecule has 1 N–H and O–H groups in total. The largest absolute Gasteiger partial charge is 0.458 e. The van der Waals surface area contributed by atoms with Crippen molar-refractivity contribution in [3.05, 3.63) is 65.7 Å². The molecule has 0 fully saturated rings. The van der Waals surface area contributed by atoms with Crippen LogP contribution >= 0.6 is 11.8 Å². The summed E-state index contributed by atoms with van der Waals surface area (Å²) in [6.07, 6.45) is -0.716. The molecule has 1 heterocycles. The Kier molecular flexibility index (Phi) is 3.99. The Labute approximate surface area is 126 Å². The number of hydrogen-bond acceptors (Lipinski definition) is 3. The highest BCUT2D eigenvalue weighted by Crippen LogP contribution is 2.29. The fourth-order valence-corrected chi connectivity index (χ4v) is 2.93. The van der Waals surface area contributed by atoms with E-state index in [1.54, 1.807) is 23.9 Å². The van der Waals surface area contributed by atoms with Crippen molar-refractivity contribution < 1.29 is 13.9 Å². The fourth-order valence-electron chi connectivity index (χ4n) is 2.09. The highest BCUT2D eigenvalue weighted by molar-refractivity contribution is 7.99. The maximum absolute atomic E-state index is 13.1. The van der Waals surface area contributed by atoms with Gasteiger partial charge in [0.05, 0.1) is 0 Å². The number of benzene rings is 2. The number of fused-ring (bicyclic) bond motifs is 1. The first-order valence-corrected chi connectivity index (χ1v) is 7.67. The first-order chi connectivity index (χ1) is 10.1. The van der Waals surface area contributed by atoms with Gasteiger partial charge in [-0.15, -0.1) is 11.8 Å². The van der Waals surface area contributed by atoms with Gasteiger partial charge >= 0.3 is 0 Å². The van der Waals surface area contributed by atoms with Crippen LogP contribution in [0, 0.1) is 12.7 Å². The monoisotopic (exact) mass is 302 g/mol. The molecule has 1 unspecified atom stereocenters. The van der Waals surface area contributed by atoms with E-state index in [0.29, 0.717) is 22.5 Å². The molecule has 21 heavy (non-hydrogen) atoms. The van der Waals surface area contributed by atoms with Gasteiger partial charge in [0.2, 0.25) is 0 Å². The Bertz CT molecular complexity index is 749. The van der Waals surface area contributed by atoms with Crippen LogP contribution < -0.4 is 0 Å². The molecular weight excluding hydrogens is 287 g/mol. The standard InChI is InChI=1S/C17H15FO2S/c1-11-2-5-14(6-3-11)21-10-15(19)17-9-12-8-13(18)4-7-16(12)20-17/h2-9,15,19H,10H2,1H3. The van der Waals surface area contributed by atoms with Gasteiger partial charge in [-0.2, -0.15) is 0 Å². The van der Waals surface area contributed by atoms with Gasteiger partial charge in [-0.05, 0) is 43.3 Å². The van der Waals surface area contributed by atoms with Gasteiger partial charge in [0.1, 0.15) is 23.3 Å². The fraction of sp³-hybridized carbons (Fsp3) is 0.176. The van der Waals surface area contributed by atoms with E-state index in [2.05, 4.69) is 0 Å². The molecule has 3 aromatic rings. The summed E-state index contributed by atoms with van der Waals surface area (Å²) < 4.78 is 18.7. The first kappa shape index (κ1) is 14.2. The predicted molar refractivity (Wildman–Crippen MR) is 83.0 cm³/mol. The quantitative estimate of drug-likeness (QED) is 0.709. The van der Waals surface area contributed by atoms with Crippen LogP contribution in [0.15, 0.2) is 57.8 Å². The minimum Gasteiger partial charge on any atom is -0.458 e. The molecule has 3 rings (SSSR count). The van der Waals surface area contributed by atoms with Crippen LogP contribution in [0.2, 0.25) is 0 Å². The minimum absolute atomic E-state index is 0.307. The third-order valence-corrected chi connectivity index (χ3v) is 4.34. The van der Waals surface area contributed by atoms with E-state index in [0.717, 1.165) is 4.90 Å². The van der Waals surface area contributed by atoms with Crippen LogP contribution in [0.25, 0.3) is 11.0 Å². The molecule has 2 nitrogen and oxygen atoms in total. The number of aliphatic hydroxyl groups excluding tert-OH is 1. The van der Waals surface area contributed by atoms with Crippen LogP contribution in [-0.2, 0) is 0 Å². The van der Waals surface area contributed by atoms with E-state index in [1.807, 2.05) is 31.2 Å². The lowest BCUT2D eigenvalue weighted by Gasteiger charge is -2.07. The summed E-state index contributed by atoms with van der Waals surface area (Å²) >= 11 is 1.56. The Morgan fingerprint density at radius 3 is 2.67 bits per heavy atom. The summed E-state index contributed by atoms with van der Waals surface area (Å²) in [5, 5.41) is 10.9. The summed E-state index contributed by atoms with van der Waals surface area (Å²) in [5.74, 6) is 0.652. The Balaban J connectivity index is 1.71. The number of furan rings is 1. The number of aryl methyl sites for hydroxylation is 1. The normalized spacial score (nSPS) is 12.7. The molecule has 0 spiro atoms. The molecule has 108 valence electrons. The molecule has 1 atom stereocenters. The maximum atomic E-state index is 13.1. The van der Waals surface area contributed by atoms with Crippen molar-refractivity contribution in [2.45, 2.75) is 17.9 Å². The molecular formula is C17H15FO2S. The van der Waals surface area contributed by atoms with Crippen LogP contribution in [0.4, 0.5) is 4.39 Å². The summed E-state index contributed by atoms with van der Waals surface area (Å²) in [6.45, 7) is 2.04. The second-order valence-corrected chi connectivity index (χ2v) is 6.06. The van der Waals surface area contributed by atoms with Crippen molar-refractivity contribution in [3.63, 3.8) is 0 Å². The highest BCUT2D eigenvalue weighted by Gasteiger charge is 2.14. The lowest BCUT2D eigenvalue weighted by molar-refractivity contribution is 0.177. The van der Waals surface area contributed by atoms with Gasteiger partial charge in [0.15, 0.2) is 0 Å². The van der Waals surface area contributed by atoms with E-state index in [9.17, 15) is 9.50 Å². The van der Waals surface area contributed by atoms with E-state index in [-0.39, 0.29) is 5.82 Å². The third-order valence-electron chi connectivity index (χ3n) is 3.25. The summed E-state index contributed by atoms with van der Waals surface area (Å²) in [4.78, 5) is 1.10. The zero-order valence-corrected chi connectivity index (χ0v) is 12.4. The van der Waals surface area contributed by atoms with Crippen molar-refractivity contribution in [2.24, 2.45) is 0 Å². The van der Waals surface area contributed by atoms with Crippen molar-refractivity contribution >= 4 is 22.7 Å². The number of thioether (sulfide) groups is 1. The first-order valence-electron chi connectivity index (χ1n) is 6.68. The topological polar surface area (TPSA) is 33.4 Å². The molecule has 0 aliphatic rings. The van der Waals surface area contributed by atoms with Gasteiger partial charge in [-0.3, -0.25) is 0 Å². The molecule has 0 saturated heterocycles. The molecule has 2 aromatic carbocycles. The van der Waals surface area contributed by atoms with E-state index in [4.69, 9.17) is 4.42 Å². The zero-order valence-electron chi connectivity index (χ0n) is 11.5. The molecule has 4 heteroatoms. The van der Waals surface area contributed by atoms with Crippen molar-refractivity contribution in [2.75, 3.05) is 5.75 Å². The van der Waals surface area contributed by atoms with Crippen LogP contribution in [0.5, 0.6) is 0 Å². The summed E-state index contributed by atoms with van der Waals surface area (Å²) in [7, 11) is 0. The molecule has 0 bridgehead atoms. The minimum atomic E-state index is -0.716. The van der Waals surface area contributed by atoms with Gasteiger partial charge in [-0.1, -0.05) is 17.7 Å². The Morgan fingerprint density at radius 2 is 1.90 bits per heavy atom. The second-order valence-electron chi connectivity index (χ2n) is 4.97. The summed E-state index contributed by atoms with van der Waals surface area (Å²) in [5.41, 5.74) is 1.80. The second kappa shape index (κ2) is 5.92. The van der Waals surface area contributed by atoms with Crippen LogP contribution in [0.3, 0.4) is 0 Å². The summed E-state index contributed by atoms with van der Waals surface area (Å²) in [6, 6.07) is 14.2.